The van der Waals surface area contributed by atoms with Crippen molar-refractivity contribution in [2.75, 3.05) is 12.3 Å². The maximum atomic E-state index is 10.2. The first kappa shape index (κ1) is 18.1. The summed E-state index contributed by atoms with van der Waals surface area (Å²) < 4.78 is 27.3. The maximum absolute atomic E-state index is 10.2. The van der Waals surface area contributed by atoms with Crippen LogP contribution in [-0.2, 0) is 19.7 Å². The van der Waals surface area contributed by atoms with E-state index in [1.807, 2.05) is 0 Å². The summed E-state index contributed by atoms with van der Waals surface area (Å²) in [7, 11) is -3.80. The molecule has 1 amide bonds. The van der Waals surface area contributed by atoms with Crippen LogP contribution in [0.4, 0.5) is 0 Å². The average molecular weight is 273 g/mol. The smallest absolute Gasteiger partial charge is 0.321 e. The van der Waals surface area contributed by atoms with Crippen molar-refractivity contribution in [2.45, 2.75) is 12.5 Å². The lowest BCUT2D eigenvalue weighted by atomic mass is 10.2. The van der Waals surface area contributed by atoms with Gasteiger partial charge in [-0.1, -0.05) is 0 Å². The molecule has 0 aromatic carbocycles. The predicted molar refractivity (Wildman–Crippen MR) is 55.6 cm³/mol. The van der Waals surface area contributed by atoms with Gasteiger partial charge in [0.25, 0.3) is 10.1 Å². The van der Waals surface area contributed by atoms with E-state index >= 15 is 0 Å². The van der Waals surface area contributed by atoms with Crippen molar-refractivity contribution in [3.8, 4) is 0 Å². The number of hydrogen-bond donors (Lipinski definition) is 6. The van der Waals surface area contributed by atoms with Gasteiger partial charge in [-0.05, 0) is 0 Å². The summed E-state index contributed by atoms with van der Waals surface area (Å²) in [6.07, 6.45) is -0.425. The molecule has 8 N–H and O–H groups in total. The number of carbonyl (C=O) groups excluding carboxylic acids is 1. The first-order valence-electron chi connectivity index (χ1n) is 4.20. The molecular formula is C6H15N3O7S. The van der Waals surface area contributed by atoms with Gasteiger partial charge in [-0.15, -0.1) is 0 Å². The lowest BCUT2D eigenvalue weighted by molar-refractivity contribution is -0.141. The Morgan fingerprint density at radius 2 is 1.82 bits per heavy atom. The zero-order valence-electron chi connectivity index (χ0n) is 8.74. The SMILES string of the molecule is NC(CC(=O)NO)C(=O)O.NCCS(=O)(=O)O. The second kappa shape index (κ2) is 8.83. The molecule has 0 aromatic rings. The Bertz CT molecular complexity index is 342. The van der Waals surface area contributed by atoms with Crippen molar-refractivity contribution in [3.05, 3.63) is 0 Å². The van der Waals surface area contributed by atoms with Crippen LogP contribution in [0.1, 0.15) is 6.42 Å². The quantitative estimate of drug-likeness (QED) is 0.173. The van der Waals surface area contributed by atoms with Crippen LogP contribution in [0, 0.1) is 0 Å². The molecule has 11 heteroatoms. The molecule has 0 saturated carbocycles. The van der Waals surface area contributed by atoms with Gasteiger partial charge in [-0.3, -0.25) is 19.3 Å². The molecular weight excluding hydrogens is 258 g/mol. The lowest BCUT2D eigenvalue weighted by Crippen LogP contribution is -2.35. The molecule has 0 saturated heterocycles. The van der Waals surface area contributed by atoms with Gasteiger partial charge in [-0.25, -0.2) is 5.48 Å². The minimum atomic E-state index is -3.80. The normalized spacial score (nSPS) is 12.0. The summed E-state index contributed by atoms with van der Waals surface area (Å²) in [4.78, 5) is 20.2. The number of carboxylic acids is 1. The summed E-state index contributed by atoms with van der Waals surface area (Å²) >= 11 is 0. The summed E-state index contributed by atoms with van der Waals surface area (Å²) in [6, 6.07) is -1.26. The highest BCUT2D eigenvalue weighted by Gasteiger charge is 2.14. The molecule has 0 spiro atoms. The Labute approximate surface area is 97.3 Å². The van der Waals surface area contributed by atoms with Crippen molar-refractivity contribution in [1.82, 2.24) is 5.48 Å². The molecule has 0 radical (unpaired) electrons. The molecule has 1 atom stereocenters. The molecule has 0 fully saturated rings. The number of nitrogens with one attached hydrogen (secondary N) is 1. The second-order valence-corrected chi connectivity index (χ2v) is 4.33. The molecule has 0 heterocycles. The van der Waals surface area contributed by atoms with E-state index in [2.05, 4.69) is 0 Å². The topological polar surface area (TPSA) is 193 Å². The number of rotatable bonds is 5. The Morgan fingerprint density at radius 1 is 1.35 bits per heavy atom. The minimum absolute atomic E-state index is 0.0289. The molecule has 0 aliphatic heterocycles. The number of carbonyl (C=O) groups is 2. The third-order valence-electron chi connectivity index (χ3n) is 1.22. The fourth-order valence-electron chi connectivity index (χ4n) is 0.482. The predicted octanol–water partition coefficient (Wildman–Crippen LogP) is -2.87. The minimum Gasteiger partial charge on any atom is -0.480 e. The number of hydroxylamine groups is 1. The summed E-state index contributed by atoms with van der Waals surface area (Å²) in [5.74, 6) is -2.44. The van der Waals surface area contributed by atoms with Crippen molar-refractivity contribution >= 4 is 22.0 Å². The van der Waals surface area contributed by atoms with Crippen LogP contribution in [0.2, 0.25) is 0 Å². The summed E-state index contributed by atoms with van der Waals surface area (Å²) in [6.45, 7) is -0.0289. The zero-order valence-corrected chi connectivity index (χ0v) is 9.55. The van der Waals surface area contributed by atoms with E-state index in [9.17, 15) is 18.0 Å². The van der Waals surface area contributed by atoms with E-state index < -0.39 is 34.5 Å². The van der Waals surface area contributed by atoms with Gasteiger partial charge in [0.05, 0.1) is 12.2 Å². The van der Waals surface area contributed by atoms with Crippen LogP contribution in [0.15, 0.2) is 0 Å². The van der Waals surface area contributed by atoms with Crippen molar-refractivity contribution in [1.29, 1.82) is 0 Å². The first-order chi connectivity index (χ1) is 7.64. The number of amides is 1. The van der Waals surface area contributed by atoms with Crippen molar-refractivity contribution in [3.63, 3.8) is 0 Å². The third-order valence-corrected chi connectivity index (χ3v) is 1.97. The third kappa shape index (κ3) is 14.7. The van der Waals surface area contributed by atoms with E-state index in [0.717, 1.165) is 0 Å². The molecule has 0 rings (SSSR count). The monoisotopic (exact) mass is 273 g/mol. The molecule has 0 aromatic heterocycles. The lowest BCUT2D eigenvalue weighted by Gasteiger charge is -2.02. The van der Waals surface area contributed by atoms with Crippen LogP contribution in [0.25, 0.3) is 0 Å². The Hall–Kier alpha value is -1.27. The highest BCUT2D eigenvalue weighted by Crippen LogP contribution is 1.86. The van der Waals surface area contributed by atoms with E-state index in [1.165, 1.54) is 5.48 Å². The van der Waals surface area contributed by atoms with Crippen molar-refractivity contribution in [2.24, 2.45) is 11.5 Å². The second-order valence-electron chi connectivity index (χ2n) is 2.76. The van der Waals surface area contributed by atoms with Crippen LogP contribution in [0.3, 0.4) is 0 Å². The van der Waals surface area contributed by atoms with Crippen LogP contribution in [-0.4, -0.2) is 53.5 Å². The van der Waals surface area contributed by atoms with E-state index in [0.29, 0.717) is 0 Å². The highest BCUT2D eigenvalue weighted by molar-refractivity contribution is 7.85. The first-order valence-corrected chi connectivity index (χ1v) is 5.81. The van der Waals surface area contributed by atoms with Crippen LogP contribution in [0.5, 0.6) is 0 Å². The van der Waals surface area contributed by atoms with Gasteiger partial charge in [0.2, 0.25) is 5.91 Å². The van der Waals surface area contributed by atoms with Gasteiger partial charge in [0.1, 0.15) is 6.04 Å². The Balaban J connectivity index is 0. The zero-order chi connectivity index (χ0) is 14.1. The fraction of sp³-hybridized carbons (Fsp3) is 0.667. The molecule has 1 unspecified atom stereocenters. The van der Waals surface area contributed by atoms with Gasteiger partial charge in [-0.2, -0.15) is 8.42 Å². The van der Waals surface area contributed by atoms with Gasteiger partial charge < -0.3 is 16.6 Å². The van der Waals surface area contributed by atoms with Crippen LogP contribution < -0.4 is 16.9 Å². The Morgan fingerprint density at radius 3 is 2.00 bits per heavy atom. The molecule has 0 aliphatic carbocycles. The number of hydrogen-bond acceptors (Lipinski definition) is 7. The van der Waals surface area contributed by atoms with Gasteiger partial charge >= 0.3 is 5.97 Å². The fourth-order valence-corrected chi connectivity index (χ4v) is 0.779. The summed E-state index contributed by atoms with van der Waals surface area (Å²) in [5.41, 5.74) is 11.0. The van der Waals surface area contributed by atoms with Gasteiger partial charge in [0, 0.05) is 6.54 Å². The van der Waals surface area contributed by atoms with E-state index in [-0.39, 0.29) is 12.3 Å². The standard InChI is InChI=1S/C4H8N2O4.C2H7NO3S/c5-2(4(8)9)1-3(7)6-10;3-1-2-7(4,5)6/h2,10H,1,5H2,(H,6,7)(H,8,9);1-3H2,(H,4,5,6). The molecule has 102 valence electrons. The van der Waals surface area contributed by atoms with E-state index in [4.69, 9.17) is 26.3 Å². The Kier molecular flexibility index (Phi) is 9.41. The highest BCUT2D eigenvalue weighted by atomic mass is 32.2. The van der Waals surface area contributed by atoms with Gasteiger partial charge in [0.15, 0.2) is 0 Å². The molecule has 17 heavy (non-hydrogen) atoms. The average Bonchev–Trinajstić information content (AvgIpc) is 2.16. The van der Waals surface area contributed by atoms with Crippen LogP contribution >= 0.6 is 0 Å². The summed E-state index contributed by atoms with van der Waals surface area (Å²) in [5, 5.41) is 16.1. The largest absolute Gasteiger partial charge is 0.480 e. The maximum Gasteiger partial charge on any atom is 0.321 e. The van der Waals surface area contributed by atoms with E-state index in [1.54, 1.807) is 0 Å². The number of aliphatic carboxylic acids is 1. The number of carboxylic acid groups (broad SMARTS) is 1. The number of nitrogens with two attached hydrogens (primary N) is 2. The molecule has 10 nitrogen and oxygen atoms in total. The van der Waals surface area contributed by atoms with Crippen molar-refractivity contribution < 1.29 is 32.9 Å². The molecule has 0 aliphatic rings. The molecule has 0 bridgehead atoms.